The summed E-state index contributed by atoms with van der Waals surface area (Å²) >= 11 is 0. The van der Waals surface area contributed by atoms with E-state index in [0.717, 1.165) is 22.5 Å². The van der Waals surface area contributed by atoms with Gasteiger partial charge in [-0.05, 0) is 66.7 Å². The highest BCUT2D eigenvalue weighted by Crippen LogP contribution is 2.35. The predicted molar refractivity (Wildman–Crippen MR) is 121 cm³/mol. The highest BCUT2D eigenvalue weighted by molar-refractivity contribution is 6.07. The Balaban J connectivity index is 1.54. The number of ketones is 1. The number of fused-ring (bicyclic) bond motifs is 1. The third-order valence-electron chi connectivity index (χ3n) is 5.14. The number of benzene rings is 3. The molecule has 1 aromatic heterocycles. The monoisotopic (exact) mass is 424 g/mol. The molecule has 0 bridgehead atoms. The van der Waals surface area contributed by atoms with E-state index in [1.807, 2.05) is 54.7 Å². The highest BCUT2D eigenvalue weighted by atomic mass is 16.6. The van der Waals surface area contributed by atoms with Crippen LogP contribution in [0.5, 0.6) is 17.2 Å². The molecule has 0 radical (unpaired) electrons. The lowest BCUT2D eigenvalue weighted by atomic mass is 10.1. The molecule has 32 heavy (non-hydrogen) atoms. The average Bonchev–Trinajstić information content (AvgIpc) is 3.27. The molecule has 0 atom stereocenters. The number of aromatic hydroxyl groups is 1. The van der Waals surface area contributed by atoms with Crippen LogP contribution in [-0.4, -0.2) is 33.9 Å². The van der Waals surface area contributed by atoms with Crippen molar-refractivity contribution < 1.29 is 19.4 Å². The number of carbonyl (C=O) groups excluding carboxylic acids is 1. The van der Waals surface area contributed by atoms with Crippen LogP contribution in [0.3, 0.4) is 0 Å². The summed E-state index contributed by atoms with van der Waals surface area (Å²) in [5.41, 5.74) is 3.78. The molecule has 1 aliphatic rings. The minimum atomic E-state index is -0.161. The Bertz CT molecular complexity index is 1290. The van der Waals surface area contributed by atoms with Gasteiger partial charge in [0.25, 0.3) is 0 Å². The van der Waals surface area contributed by atoms with Crippen LogP contribution < -0.4 is 9.47 Å². The predicted octanol–water partition coefficient (Wildman–Crippen LogP) is 4.91. The van der Waals surface area contributed by atoms with Gasteiger partial charge >= 0.3 is 0 Å². The molecule has 0 unspecified atom stereocenters. The standard InChI is InChI=1S/C26H20N2O4/c29-22-10-6-18(7-11-22)23(30)12-8-20-17-28(21-4-2-1-3-5-21)27-26(20)19-9-13-24-25(16-19)32-15-14-31-24/h1-13,16-17,29H,14-15H2. The molecule has 0 spiro atoms. The zero-order valence-corrected chi connectivity index (χ0v) is 17.1. The minimum Gasteiger partial charge on any atom is -0.508 e. The zero-order valence-electron chi connectivity index (χ0n) is 17.1. The summed E-state index contributed by atoms with van der Waals surface area (Å²) < 4.78 is 13.1. The first-order valence-electron chi connectivity index (χ1n) is 10.2. The lowest BCUT2D eigenvalue weighted by Crippen LogP contribution is -2.15. The number of phenols is 1. The summed E-state index contributed by atoms with van der Waals surface area (Å²) in [6.45, 7) is 1.03. The molecular weight excluding hydrogens is 404 g/mol. The van der Waals surface area contributed by atoms with E-state index in [9.17, 15) is 9.90 Å². The van der Waals surface area contributed by atoms with Gasteiger partial charge in [0.15, 0.2) is 17.3 Å². The summed E-state index contributed by atoms with van der Waals surface area (Å²) in [7, 11) is 0. The Hall–Kier alpha value is -4.32. The molecule has 6 nitrogen and oxygen atoms in total. The molecule has 0 saturated carbocycles. The molecule has 4 aromatic rings. The van der Waals surface area contributed by atoms with Crippen LogP contribution in [0.15, 0.2) is 85.1 Å². The van der Waals surface area contributed by atoms with Gasteiger partial charge in [-0.15, -0.1) is 0 Å². The smallest absolute Gasteiger partial charge is 0.185 e. The zero-order chi connectivity index (χ0) is 21.9. The molecule has 0 amide bonds. The molecule has 3 aromatic carbocycles. The van der Waals surface area contributed by atoms with Crippen LogP contribution in [-0.2, 0) is 0 Å². The second-order valence-corrected chi connectivity index (χ2v) is 7.32. The molecule has 1 aliphatic heterocycles. The lowest BCUT2D eigenvalue weighted by molar-refractivity contribution is 0.104. The molecule has 2 heterocycles. The van der Waals surface area contributed by atoms with Gasteiger partial charge < -0.3 is 14.6 Å². The first-order chi connectivity index (χ1) is 15.7. The number of phenolic OH excluding ortho intramolecular Hbond substituents is 1. The highest BCUT2D eigenvalue weighted by Gasteiger charge is 2.16. The second kappa shape index (κ2) is 8.43. The minimum absolute atomic E-state index is 0.121. The Labute approximate surface area is 185 Å². The molecule has 0 saturated heterocycles. The van der Waals surface area contributed by atoms with Crippen molar-refractivity contribution in [3.63, 3.8) is 0 Å². The summed E-state index contributed by atoms with van der Waals surface area (Å²) in [5, 5.41) is 14.2. The topological polar surface area (TPSA) is 73.6 Å². The number of hydrogen-bond acceptors (Lipinski definition) is 5. The van der Waals surface area contributed by atoms with Crippen molar-refractivity contribution in [3.05, 3.63) is 96.2 Å². The summed E-state index contributed by atoms with van der Waals surface area (Å²) in [6, 6.07) is 21.7. The van der Waals surface area contributed by atoms with Crippen molar-refractivity contribution in [2.45, 2.75) is 0 Å². The lowest BCUT2D eigenvalue weighted by Gasteiger charge is -2.18. The van der Waals surface area contributed by atoms with Crippen LogP contribution in [0.1, 0.15) is 15.9 Å². The average molecular weight is 424 g/mol. The van der Waals surface area contributed by atoms with Crippen molar-refractivity contribution in [2.24, 2.45) is 0 Å². The second-order valence-electron chi connectivity index (χ2n) is 7.32. The first-order valence-corrected chi connectivity index (χ1v) is 10.2. The number of carbonyl (C=O) groups is 1. The van der Waals surface area contributed by atoms with Crippen LogP contribution in [0.4, 0.5) is 0 Å². The SMILES string of the molecule is O=C(C=Cc1cn(-c2ccccc2)nc1-c1ccc2c(c1)OCCO2)c1ccc(O)cc1. The van der Waals surface area contributed by atoms with Crippen molar-refractivity contribution >= 4 is 11.9 Å². The number of hydrogen-bond donors (Lipinski definition) is 1. The van der Waals surface area contributed by atoms with Gasteiger partial charge in [0, 0.05) is 22.9 Å². The van der Waals surface area contributed by atoms with Gasteiger partial charge in [-0.2, -0.15) is 5.10 Å². The third kappa shape index (κ3) is 3.98. The van der Waals surface area contributed by atoms with Crippen molar-refractivity contribution in [1.29, 1.82) is 0 Å². The maximum absolute atomic E-state index is 12.6. The van der Waals surface area contributed by atoms with Gasteiger partial charge in [0.05, 0.1) is 5.69 Å². The van der Waals surface area contributed by atoms with E-state index in [1.54, 1.807) is 22.9 Å². The van der Waals surface area contributed by atoms with Crippen LogP contribution >= 0.6 is 0 Å². The fraction of sp³-hybridized carbons (Fsp3) is 0.0769. The van der Waals surface area contributed by atoms with Crippen LogP contribution in [0.25, 0.3) is 23.0 Å². The van der Waals surface area contributed by atoms with Crippen molar-refractivity contribution in [1.82, 2.24) is 9.78 Å². The van der Waals surface area contributed by atoms with Gasteiger partial charge in [0.1, 0.15) is 24.7 Å². The van der Waals surface area contributed by atoms with E-state index in [0.29, 0.717) is 30.3 Å². The molecular formula is C26H20N2O4. The van der Waals surface area contributed by atoms with Crippen molar-refractivity contribution in [3.8, 4) is 34.2 Å². The van der Waals surface area contributed by atoms with Gasteiger partial charge in [-0.3, -0.25) is 4.79 Å². The Morgan fingerprint density at radius 2 is 1.69 bits per heavy atom. The number of ether oxygens (including phenoxy) is 2. The number of aromatic nitrogens is 2. The maximum atomic E-state index is 12.6. The molecule has 5 rings (SSSR count). The summed E-state index contributed by atoms with van der Waals surface area (Å²) in [6.07, 6.45) is 5.16. The third-order valence-corrected chi connectivity index (χ3v) is 5.14. The maximum Gasteiger partial charge on any atom is 0.185 e. The molecule has 158 valence electrons. The van der Waals surface area contributed by atoms with E-state index >= 15 is 0 Å². The van der Waals surface area contributed by atoms with Crippen LogP contribution in [0, 0.1) is 0 Å². The van der Waals surface area contributed by atoms with Gasteiger partial charge in [0.2, 0.25) is 0 Å². The molecule has 1 N–H and O–H groups in total. The number of rotatable bonds is 5. The molecule has 0 fully saturated rings. The number of nitrogens with zero attached hydrogens (tertiary/aromatic N) is 2. The van der Waals surface area contributed by atoms with Crippen LogP contribution in [0.2, 0.25) is 0 Å². The van der Waals surface area contributed by atoms with E-state index in [4.69, 9.17) is 14.6 Å². The fourth-order valence-electron chi connectivity index (χ4n) is 3.52. The number of allylic oxidation sites excluding steroid dienone is 1. The summed E-state index contributed by atoms with van der Waals surface area (Å²) in [4.78, 5) is 12.6. The first kappa shape index (κ1) is 19.6. The summed E-state index contributed by atoms with van der Waals surface area (Å²) in [5.74, 6) is 1.35. The Morgan fingerprint density at radius 3 is 2.47 bits per heavy atom. The quantitative estimate of drug-likeness (QED) is 0.364. The van der Waals surface area contributed by atoms with Gasteiger partial charge in [-0.1, -0.05) is 18.2 Å². The number of para-hydroxylation sites is 1. The van der Waals surface area contributed by atoms with E-state index in [-0.39, 0.29) is 11.5 Å². The Morgan fingerprint density at radius 1 is 0.938 bits per heavy atom. The fourth-order valence-corrected chi connectivity index (χ4v) is 3.52. The van der Waals surface area contributed by atoms with Crippen molar-refractivity contribution in [2.75, 3.05) is 13.2 Å². The van der Waals surface area contributed by atoms with E-state index in [1.165, 1.54) is 18.2 Å². The Kier molecular flexibility index (Phi) is 5.17. The normalized spacial score (nSPS) is 12.8. The molecule has 6 heteroatoms. The van der Waals surface area contributed by atoms with E-state index < -0.39 is 0 Å². The molecule has 0 aliphatic carbocycles. The van der Waals surface area contributed by atoms with E-state index in [2.05, 4.69) is 0 Å². The largest absolute Gasteiger partial charge is 0.508 e. The van der Waals surface area contributed by atoms with Gasteiger partial charge in [-0.25, -0.2) is 4.68 Å².